The van der Waals surface area contributed by atoms with Crippen LogP contribution in [-0.2, 0) is 0 Å². The summed E-state index contributed by atoms with van der Waals surface area (Å²) in [6.07, 6.45) is -0.533. The molecule has 1 N–H and O–H groups in total. The number of hydrogen-bond donors (Lipinski definition) is 1. The Morgan fingerprint density at radius 2 is 1.65 bits per heavy atom. The topological polar surface area (TPSA) is 30.9 Å². The summed E-state index contributed by atoms with van der Waals surface area (Å²) in [5.41, 5.74) is 0. The molecule has 0 aromatic rings. The Kier molecular flexibility index (Phi) is 7.48. The van der Waals surface area contributed by atoms with Crippen LogP contribution in [0.1, 0.15) is 0 Å². The van der Waals surface area contributed by atoms with Crippen LogP contribution < -0.4 is 5.14 Å². The largest absolute Gasteiger partial charge is 0.426 e. The van der Waals surface area contributed by atoms with Crippen LogP contribution in [0.4, 0.5) is 0 Å². The maximum absolute atomic E-state index is 5.60. The van der Waals surface area contributed by atoms with Gasteiger partial charge in [-0.15, -0.1) is 11.5 Å². The molecule has 0 aromatic heterocycles. The van der Waals surface area contributed by atoms with Gasteiger partial charge in [-0.05, 0) is 23.6 Å². The van der Waals surface area contributed by atoms with Gasteiger partial charge in [0.2, 0.25) is 0 Å². The lowest BCUT2D eigenvalue weighted by atomic mass is 9.84. The molecular weight excluding hydrogens is 348 g/mol. The molecule has 87 valence electrons. The van der Waals surface area contributed by atoms with Crippen molar-refractivity contribution in [2.45, 2.75) is 0 Å². The fraction of sp³-hybridized carbons (Fsp3) is 0. The molecule has 2 aliphatic rings. The first kappa shape index (κ1) is 16.3. The Morgan fingerprint density at radius 1 is 1.12 bits per heavy atom. The number of rotatable bonds is 0. The van der Waals surface area contributed by atoms with Crippen molar-refractivity contribution in [1.82, 2.24) is 13.6 Å². The average Bonchev–Trinajstić information content (AvgIpc) is 2.58. The molecule has 2 heterocycles. The highest BCUT2D eigenvalue weighted by Crippen LogP contribution is 2.21. The van der Waals surface area contributed by atoms with E-state index < -0.39 is 6.40 Å². The number of hydrogen-bond acceptors (Lipinski definition) is 4. The molecule has 2 aliphatic heterocycles. The third-order valence-corrected chi connectivity index (χ3v) is 3.82. The quantitative estimate of drug-likeness (QED) is 0.534. The van der Waals surface area contributed by atoms with E-state index in [2.05, 4.69) is 10.0 Å². The first-order chi connectivity index (χ1) is 7.93. The van der Waals surface area contributed by atoms with Gasteiger partial charge in [0.15, 0.2) is 0 Å². The van der Waals surface area contributed by atoms with Gasteiger partial charge in [-0.25, -0.2) is 0 Å². The Balaban J connectivity index is 0.000000171. The second-order valence-corrected chi connectivity index (χ2v) is 4.95. The normalized spacial score (nSPS) is 21.1. The molecule has 3 radical (unpaired) electrons. The summed E-state index contributed by atoms with van der Waals surface area (Å²) < 4.78 is 2.43. The van der Waals surface area contributed by atoms with Crippen LogP contribution >= 0.6 is 69.8 Å². The second kappa shape index (κ2) is 7.78. The smallest absolute Gasteiger partial charge is 0.377 e. The van der Waals surface area contributed by atoms with Crippen LogP contribution in [0.3, 0.4) is 0 Å². The number of nitrogens with one attached hydrogen (secondary N) is 1. The molecule has 0 unspecified atom stereocenters. The van der Waals surface area contributed by atoms with E-state index in [1.54, 1.807) is 0 Å². The van der Waals surface area contributed by atoms with Crippen molar-refractivity contribution in [3.63, 3.8) is 0 Å². The lowest BCUT2D eigenvalue weighted by Gasteiger charge is -2.27. The van der Waals surface area contributed by atoms with Gasteiger partial charge >= 0.3 is 28.9 Å². The van der Waals surface area contributed by atoms with E-state index in [9.17, 15) is 0 Å². The fourth-order valence-electron chi connectivity index (χ4n) is 0.729. The molecule has 0 saturated carbocycles. The van der Waals surface area contributed by atoms with Crippen LogP contribution in [0.5, 0.6) is 0 Å². The van der Waals surface area contributed by atoms with Gasteiger partial charge in [-0.3, -0.25) is 8.48 Å². The lowest BCUT2D eigenvalue weighted by Crippen LogP contribution is -2.57. The van der Waals surface area contributed by atoms with Crippen LogP contribution in [-0.4, -0.2) is 42.6 Å². The van der Waals surface area contributed by atoms with E-state index in [1.165, 1.54) is 31.0 Å². The highest BCUT2D eigenvalue weighted by molar-refractivity contribution is 7.12. The highest BCUT2D eigenvalue weighted by Gasteiger charge is 2.32. The molecule has 14 heteroatoms. The second-order valence-electron chi connectivity index (χ2n) is 2.63. The maximum atomic E-state index is 5.60. The molecule has 17 heavy (non-hydrogen) atoms. The Morgan fingerprint density at radius 3 is 1.88 bits per heavy atom. The highest BCUT2D eigenvalue weighted by atomic mass is 35.5. The zero-order chi connectivity index (χ0) is 13.0. The van der Waals surface area contributed by atoms with E-state index >= 15 is 0 Å². The van der Waals surface area contributed by atoms with Crippen LogP contribution in [0.15, 0.2) is 14.9 Å². The summed E-state index contributed by atoms with van der Waals surface area (Å²) in [5, 5.41) is 3.26. The third kappa shape index (κ3) is 5.05. The summed E-state index contributed by atoms with van der Waals surface area (Å²) in [7, 11) is 4.41. The van der Waals surface area contributed by atoms with Gasteiger partial charge in [0.1, 0.15) is 5.17 Å². The van der Waals surface area contributed by atoms with E-state index in [1.807, 2.05) is 0 Å². The van der Waals surface area contributed by atoms with Crippen molar-refractivity contribution in [1.29, 1.82) is 0 Å². The molecule has 0 aromatic carbocycles. The van der Waals surface area contributed by atoms with Gasteiger partial charge in [0, 0.05) is 4.93 Å². The monoisotopic (exact) mass is 347 g/mol. The zero-order valence-electron chi connectivity index (χ0n) is 7.92. The molecule has 0 aliphatic carbocycles. The van der Waals surface area contributed by atoms with Crippen LogP contribution in [0.25, 0.3) is 0 Å². The minimum absolute atomic E-state index is 0.261. The summed E-state index contributed by atoms with van der Waals surface area (Å²) in [6.45, 7) is 0. The minimum Gasteiger partial charge on any atom is -0.377 e. The average molecular weight is 349 g/mol. The zero-order valence-corrected chi connectivity index (χ0v) is 12.5. The van der Waals surface area contributed by atoms with Crippen molar-refractivity contribution in [3.8, 4) is 0 Å². The first-order valence-electron chi connectivity index (χ1n) is 4.00. The third-order valence-electron chi connectivity index (χ3n) is 1.48. The fourth-order valence-corrected chi connectivity index (χ4v) is 1.62. The molecule has 4 nitrogen and oxygen atoms in total. The van der Waals surface area contributed by atoms with Gasteiger partial charge in [-0.1, -0.05) is 34.8 Å². The number of nitrogens with zero attached hydrogens (tertiary/aromatic N) is 3. The van der Waals surface area contributed by atoms with Crippen LogP contribution in [0, 0.1) is 0 Å². The Hall–Kier alpha value is 1.29. The maximum Gasteiger partial charge on any atom is 0.426 e. The Bertz CT molecular complexity index is 324. The predicted molar refractivity (Wildman–Crippen MR) is 79.4 cm³/mol. The SMILES string of the molecule is ClB1N(Cl)[B]N[B]N1Cl.ClC1=N[B]C(Cl)=C1Cl. The van der Waals surface area contributed by atoms with Gasteiger partial charge < -0.3 is 10.0 Å². The molecule has 0 spiro atoms. The Labute approximate surface area is 132 Å². The molecule has 0 atom stereocenters. The number of allylic oxidation sites excluding steroid dienone is 1. The van der Waals surface area contributed by atoms with Crippen LogP contribution in [0.2, 0.25) is 0 Å². The minimum atomic E-state index is -0.533. The van der Waals surface area contributed by atoms with E-state index in [0.29, 0.717) is 9.96 Å². The molecule has 0 amide bonds. The molecular formula is C3HB4Cl6N4. The van der Waals surface area contributed by atoms with Gasteiger partial charge in [-0.2, -0.15) is 0 Å². The molecule has 2 rings (SSSR count). The summed E-state index contributed by atoms with van der Waals surface area (Å²) in [5.74, 6) is 0. The standard InChI is InChI=1S/C3BCl3N.B3Cl3HN3/c5-1-2(6)4-8-3(1)7;4-3-8(5)1-7-2-9(3)6/h;7H. The predicted octanol–water partition coefficient (Wildman–Crippen LogP) is 1.70. The van der Waals surface area contributed by atoms with Crippen molar-refractivity contribution in [3.05, 3.63) is 9.96 Å². The van der Waals surface area contributed by atoms with E-state index in [0.717, 1.165) is 0 Å². The van der Waals surface area contributed by atoms with Crippen molar-refractivity contribution in [2.75, 3.05) is 0 Å². The molecule has 1 saturated heterocycles. The number of halogens is 6. The van der Waals surface area contributed by atoms with Crippen molar-refractivity contribution in [2.24, 2.45) is 4.90 Å². The van der Waals surface area contributed by atoms with E-state index in [-0.39, 0.29) is 5.17 Å². The molecule has 0 bridgehead atoms. The lowest BCUT2D eigenvalue weighted by molar-refractivity contribution is 0.903. The molecule has 1 fully saturated rings. The first-order valence-corrected chi connectivity index (χ1v) is 6.25. The van der Waals surface area contributed by atoms with Gasteiger partial charge in [0.25, 0.3) is 0 Å². The summed E-state index contributed by atoms with van der Waals surface area (Å²) in [6, 6.07) is 0. The van der Waals surface area contributed by atoms with Crippen molar-refractivity contribution < 1.29 is 0 Å². The summed E-state index contributed by atoms with van der Waals surface area (Å²) >= 11 is 32.9. The van der Waals surface area contributed by atoms with E-state index in [4.69, 9.17) is 69.8 Å². The van der Waals surface area contributed by atoms with Gasteiger partial charge in [0.05, 0.1) is 5.03 Å². The van der Waals surface area contributed by atoms with Crippen molar-refractivity contribution >= 4 is 104 Å². The summed E-state index contributed by atoms with van der Waals surface area (Å²) in [4.78, 5) is 4.02.